The smallest absolute Gasteiger partial charge is 0.338 e. The molecule has 0 aliphatic heterocycles. The Bertz CT molecular complexity index is 1310. The lowest BCUT2D eigenvalue weighted by atomic mass is 9.78. The highest BCUT2D eigenvalue weighted by Gasteiger charge is 2.38. The first-order valence-corrected chi connectivity index (χ1v) is 26.1. The molecule has 2 fully saturated rings. The molecule has 0 amide bonds. The SMILES string of the molecule is CCCCC[C@H]1CC[C@H](CCCCc2ccc(CO[C@@H](C(=O)OCCCC)[C@@H](OCc3ccc(CCCC[C@H]4CC[C@H](CCCCC)CC4)cc3)C(=O)OCCCC)cc2)CC1. The minimum Gasteiger partial charge on any atom is -0.464 e. The lowest BCUT2D eigenvalue weighted by Gasteiger charge is -2.28. The zero-order valence-electron chi connectivity index (χ0n) is 40.2. The first-order chi connectivity index (χ1) is 30.4. The van der Waals surface area contributed by atoms with E-state index in [2.05, 4.69) is 76.2 Å². The third kappa shape index (κ3) is 20.9. The quantitative estimate of drug-likeness (QED) is 0.0526. The van der Waals surface area contributed by atoms with Crippen LogP contribution in [0.1, 0.15) is 217 Å². The van der Waals surface area contributed by atoms with E-state index in [1.807, 2.05) is 0 Å². The number of benzene rings is 2. The Balaban J connectivity index is 1.25. The molecule has 2 aliphatic rings. The molecule has 0 aromatic heterocycles. The van der Waals surface area contributed by atoms with Gasteiger partial charge in [0, 0.05) is 0 Å². The average Bonchev–Trinajstić information content (AvgIpc) is 3.29. The number of unbranched alkanes of at least 4 members (excludes halogenated alkanes) is 8. The molecule has 0 N–H and O–H groups in total. The van der Waals surface area contributed by atoms with Crippen molar-refractivity contribution in [3.05, 3.63) is 70.8 Å². The van der Waals surface area contributed by atoms with E-state index in [0.717, 1.165) is 73.3 Å². The summed E-state index contributed by atoms with van der Waals surface area (Å²) in [6.45, 7) is 9.56. The lowest BCUT2D eigenvalue weighted by molar-refractivity contribution is -0.186. The summed E-state index contributed by atoms with van der Waals surface area (Å²) in [5, 5.41) is 0. The van der Waals surface area contributed by atoms with Gasteiger partial charge in [0.15, 0.2) is 12.2 Å². The number of ether oxygens (including phenoxy) is 4. The van der Waals surface area contributed by atoms with E-state index >= 15 is 0 Å². The van der Waals surface area contributed by atoms with E-state index in [4.69, 9.17) is 18.9 Å². The van der Waals surface area contributed by atoms with Crippen LogP contribution in [0.5, 0.6) is 0 Å². The zero-order chi connectivity index (χ0) is 44.0. The van der Waals surface area contributed by atoms with Crippen molar-refractivity contribution >= 4 is 11.9 Å². The molecule has 0 spiro atoms. The lowest BCUT2D eigenvalue weighted by Crippen LogP contribution is -2.45. The van der Waals surface area contributed by atoms with Crippen LogP contribution in [-0.2, 0) is 54.6 Å². The number of aryl methyl sites for hydroxylation is 2. The Morgan fingerprint density at radius 2 is 0.710 bits per heavy atom. The summed E-state index contributed by atoms with van der Waals surface area (Å²) in [6.07, 6.45) is 33.2. The maximum atomic E-state index is 13.6. The van der Waals surface area contributed by atoms with Crippen molar-refractivity contribution in [1.82, 2.24) is 0 Å². The fraction of sp³-hybridized carbons (Fsp3) is 0.750. The summed E-state index contributed by atoms with van der Waals surface area (Å²) < 4.78 is 23.9. The van der Waals surface area contributed by atoms with Crippen LogP contribution in [0.3, 0.4) is 0 Å². The normalized spacial score (nSPS) is 20.1. The van der Waals surface area contributed by atoms with E-state index < -0.39 is 24.1 Å². The molecular weight excluding hydrogens is 769 g/mol. The molecule has 2 aromatic rings. The minimum atomic E-state index is -1.25. The number of esters is 2. The summed E-state index contributed by atoms with van der Waals surface area (Å²) in [7, 11) is 0. The molecule has 0 saturated heterocycles. The van der Waals surface area contributed by atoms with Crippen molar-refractivity contribution in [2.75, 3.05) is 13.2 Å². The molecule has 350 valence electrons. The van der Waals surface area contributed by atoms with Gasteiger partial charge in [-0.3, -0.25) is 0 Å². The molecule has 6 nitrogen and oxygen atoms in total. The van der Waals surface area contributed by atoms with Gasteiger partial charge < -0.3 is 18.9 Å². The molecule has 0 unspecified atom stereocenters. The Hall–Kier alpha value is -2.70. The monoisotopic (exact) mass is 859 g/mol. The second-order valence-corrected chi connectivity index (χ2v) is 19.4. The van der Waals surface area contributed by atoms with Crippen LogP contribution in [0.15, 0.2) is 48.5 Å². The van der Waals surface area contributed by atoms with Gasteiger partial charge in [0.2, 0.25) is 0 Å². The van der Waals surface area contributed by atoms with Gasteiger partial charge in [0.1, 0.15) is 0 Å². The van der Waals surface area contributed by atoms with Gasteiger partial charge in [-0.2, -0.15) is 0 Å². The van der Waals surface area contributed by atoms with E-state index in [-0.39, 0.29) is 26.4 Å². The van der Waals surface area contributed by atoms with Gasteiger partial charge in [-0.1, -0.05) is 217 Å². The summed E-state index contributed by atoms with van der Waals surface area (Å²) >= 11 is 0. The van der Waals surface area contributed by atoms with Crippen molar-refractivity contribution < 1.29 is 28.5 Å². The van der Waals surface area contributed by atoms with Gasteiger partial charge in [-0.25, -0.2) is 9.59 Å². The van der Waals surface area contributed by atoms with E-state index in [0.29, 0.717) is 0 Å². The molecule has 6 heteroatoms. The van der Waals surface area contributed by atoms with Gasteiger partial charge in [-0.15, -0.1) is 0 Å². The summed E-state index contributed by atoms with van der Waals surface area (Å²) in [5.41, 5.74) is 4.52. The molecular formula is C56H90O6. The van der Waals surface area contributed by atoms with E-state index in [9.17, 15) is 9.59 Å². The molecule has 4 rings (SSSR count). The second-order valence-electron chi connectivity index (χ2n) is 19.4. The Labute approximate surface area is 379 Å². The van der Waals surface area contributed by atoms with Gasteiger partial charge in [0.05, 0.1) is 26.4 Å². The van der Waals surface area contributed by atoms with Crippen LogP contribution in [-0.4, -0.2) is 37.4 Å². The van der Waals surface area contributed by atoms with Crippen molar-refractivity contribution in [3.8, 4) is 0 Å². The molecule has 0 heterocycles. The minimum absolute atomic E-state index is 0.159. The molecule has 0 radical (unpaired) electrons. The number of carbonyl (C=O) groups excluding carboxylic acids is 2. The van der Waals surface area contributed by atoms with Crippen LogP contribution in [0.25, 0.3) is 0 Å². The van der Waals surface area contributed by atoms with Crippen molar-refractivity contribution in [3.63, 3.8) is 0 Å². The summed E-state index contributed by atoms with van der Waals surface area (Å²) in [5.74, 6) is 2.61. The average molecular weight is 859 g/mol. The van der Waals surface area contributed by atoms with Crippen LogP contribution in [0.2, 0.25) is 0 Å². The first-order valence-electron chi connectivity index (χ1n) is 26.1. The highest BCUT2D eigenvalue weighted by Crippen LogP contribution is 2.36. The third-order valence-electron chi connectivity index (χ3n) is 14.1. The fourth-order valence-electron chi connectivity index (χ4n) is 9.84. The Morgan fingerprint density at radius 3 is 1.02 bits per heavy atom. The van der Waals surface area contributed by atoms with Gasteiger partial charge in [-0.05, 0) is 84.5 Å². The van der Waals surface area contributed by atoms with E-state index in [1.165, 1.54) is 152 Å². The van der Waals surface area contributed by atoms with Crippen molar-refractivity contribution in [2.45, 2.75) is 233 Å². The standard InChI is InChI=1S/C56H90O6/c1-5-9-13-19-45-25-29-47(30-26-45)21-15-17-23-49-33-37-51(38-34-49)43-61-53(55(57)59-41-11-7-3)54(56(58)60-42-12-8-4)62-44-52-39-35-50(36-40-52)24-18-16-22-48-31-27-46(28-32-48)20-14-10-6-2/h33-40,45-48,53-54H,5-32,41-44H2,1-4H3/t45-,46-,47-,48-,53-,54-/m1/s1. The first kappa shape index (κ1) is 51.9. The zero-order valence-corrected chi connectivity index (χ0v) is 40.2. The number of carbonyl (C=O) groups is 2. The van der Waals surface area contributed by atoms with Crippen LogP contribution < -0.4 is 0 Å². The number of hydrogen-bond acceptors (Lipinski definition) is 6. The second kappa shape index (κ2) is 32.0. The molecule has 2 aromatic carbocycles. The van der Waals surface area contributed by atoms with Crippen LogP contribution >= 0.6 is 0 Å². The predicted octanol–water partition coefficient (Wildman–Crippen LogP) is 15.0. The molecule has 2 aliphatic carbocycles. The maximum Gasteiger partial charge on any atom is 0.338 e. The van der Waals surface area contributed by atoms with Crippen LogP contribution in [0.4, 0.5) is 0 Å². The Kier molecular flexibility index (Phi) is 26.8. The maximum absolute atomic E-state index is 13.6. The largest absolute Gasteiger partial charge is 0.464 e. The fourth-order valence-corrected chi connectivity index (χ4v) is 9.84. The molecule has 2 saturated carbocycles. The summed E-state index contributed by atoms with van der Waals surface area (Å²) in [4.78, 5) is 27.2. The van der Waals surface area contributed by atoms with Crippen LogP contribution in [0, 0.1) is 23.7 Å². The highest BCUT2D eigenvalue weighted by atomic mass is 16.6. The highest BCUT2D eigenvalue weighted by molar-refractivity contribution is 5.85. The number of hydrogen-bond donors (Lipinski definition) is 0. The van der Waals surface area contributed by atoms with E-state index in [1.54, 1.807) is 0 Å². The molecule has 0 bridgehead atoms. The van der Waals surface area contributed by atoms with Crippen molar-refractivity contribution in [1.29, 1.82) is 0 Å². The predicted molar refractivity (Wildman–Crippen MR) is 256 cm³/mol. The van der Waals surface area contributed by atoms with Gasteiger partial charge in [0.25, 0.3) is 0 Å². The molecule has 2 atom stereocenters. The Morgan fingerprint density at radius 1 is 0.419 bits per heavy atom. The number of rotatable bonds is 33. The van der Waals surface area contributed by atoms with Gasteiger partial charge >= 0.3 is 11.9 Å². The third-order valence-corrected chi connectivity index (χ3v) is 14.1. The topological polar surface area (TPSA) is 71.1 Å². The molecule has 62 heavy (non-hydrogen) atoms. The van der Waals surface area contributed by atoms with Crippen molar-refractivity contribution in [2.24, 2.45) is 23.7 Å². The summed E-state index contributed by atoms with van der Waals surface area (Å²) in [6, 6.07) is 17.0.